The average Bonchev–Trinajstić information content (AvgIpc) is 3.41. The first-order valence-electron chi connectivity index (χ1n) is 11.2. The standard InChI is InChI=1S/C24H19F3N8O3S/c1-15-20(14-29)22(32-23(36)35(15)18-4-2-3-17(12-18)24(25,26)27)19-6-5-16(13-28)11-21(19)39(37,38)31-8-10-34-9-7-30-33-34/h2-7,9,11-12,22,31H,8,10H2,1H3,(H,32,36). The van der Waals surface area contributed by atoms with Crippen molar-refractivity contribution in [1.82, 2.24) is 25.0 Å². The molecule has 1 aromatic heterocycles. The number of urea groups is 1. The number of hydrogen-bond acceptors (Lipinski definition) is 7. The monoisotopic (exact) mass is 556 g/mol. The minimum Gasteiger partial charge on any atom is -0.326 e. The maximum atomic E-state index is 13.3. The molecule has 0 fully saturated rings. The van der Waals surface area contributed by atoms with Crippen molar-refractivity contribution >= 4 is 21.7 Å². The van der Waals surface area contributed by atoms with Gasteiger partial charge >= 0.3 is 12.2 Å². The summed E-state index contributed by atoms with van der Waals surface area (Å²) >= 11 is 0. The minimum atomic E-state index is -4.66. The topological polar surface area (TPSA) is 157 Å². The lowest BCUT2D eigenvalue weighted by Gasteiger charge is -2.34. The van der Waals surface area contributed by atoms with Crippen LogP contribution in [0.3, 0.4) is 0 Å². The van der Waals surface area contributed by atoms with E-state index in [4.69, 9.17) is 0 Å². The number of halogens is 3. The number of nitriles is 2. The molecule has 2 heterocycles. The van der Waals surface area contributed by atoms with Crippen LogP contribution in [0.4, 0.5) is 23.7 Å². The molecule has 0 radical (unpaired) electrons. The summed E-state index contributed by atoms with van der Waals surface area (Å²) in [6.07, 6.45) is -1.70. The predicted octanol–water partition coefficient (Wildman–Crippen LogP) is 3.22. The average molecular weight is 557 g/mol. The van der Waals surface area contributed by atoms with E-state index in [9.17, 15) is 36.9 Å². The number of carbonyl (C=O) groups excluding carboxylic acids is 1. The summed E-state index contributed by atoms with van der Waals surface area (Å²) in [5.41, 5.74) is -1.20. The Hall–Kier alpha value is -4.73. The summed E-state index contributed by atoms with van der Waals surface area (Å²) < 4.78 is 70.1. The third-order valence-corrected chi connectivity index (χ3v) is 7.40. The van der Waals surface area contributed by atoms with E-state index in [1.165, 1.54) is 42.2 Å². The number of aromatic nitrogens is 3. The number of hydrogen-bond donors (Lipinski definition) is 2. The molecule has 2 N–H and O–H groups in total. The zero-order valence-electron chi connectivity index (χ0n) is 20.1. The molecule has 1 unspecified atom stereocenters. The van der Waals surface area contributed by atoms with Crippen LogP contribution in [0.1, 0.15) is 29.7 Å². The zero-order valence-corrected chi connectivity index (χ0v) is 21.0. The molecule has 0 spiro atoms. The molecule has 0 bridgehead atoms. The van der Waals surface area contributed by atoms with E-state index in [2.05, 4.69) is 20.4 Å². The van der Waals surface area contributed by atoms with Crippen LogP contribution in [0.2, 0.25) is 0 Å². The van der Waals surface area contributed by atoms with Crippen molar-refractivity contribution in [2.75, 3.05) is 11.4 Å². The van der Waals surface area contributed by atoms with Crippen LogP contribution in [-0.4, -0.2) is 36.0 Å². The zero-order chi connectivity index (χ0) is 28.4. The number of allylic oxidation sites excluding steroid dienone is 1. The second-order valence-electron chi connectivity index (χ2n) is 8.31. The summed E-state index contributed by atoms with van der Waals surface area (Å²) in [5.74, 6) is 0. The van der Waals surface area contributed by atoms with Gasteiger partial charge in [-0.2, -0.15) is 23.7 Å². The van der Waals surface area contributed by atoms with E-state index >= 15 is 0 Å². The lowest BCUT2D eigenvalue weighted by molar-refractivity contribution is -0.137. The lowest BCUT2D eigenvalue weighted by atomic mass is 9.94. The Morgan fingerprint density at radius 3 is 2.56 bits per heavy atom. The highest BCUT2D eigenvalue weighted by Crippen LogP contribution is 2.38. The normalized spacial score (nSPS) is 16.0. The number of nitrogens with one attached hydrogen (secondary N) is 2. The number of anilines is 1. The highest BCUT2D eigenvalue weighted by molar-refractivity contribution is 7.89. The highest BCUT2D eigenvalue weighted by Gasteiger charge is 2.37. The Morgan fingerprint density at radius 2 is 1.92 bits per heavy atom. The molecule has 39 heavy (non-hydrogen) atoms. The molecule has 0 saturated heterocycles. The summed E-state index contributed by atoms with van der Waals surface area (Å²) in [6.45, 7) is 1.45. The van der Waals surface area contributed by atoms with Gasteiger partial charge in [0.2, 0.25) is 10.0 Å². The fourth-order valence-corrected chi connectivity index (χ4v) is 5.35. The largest absolute Gasteiger partial charge is 0.416 e. The number of alkyl halides is 3. The van der Waals surface area contributed by atoms with Gasteiger partial charge in [0.05, 0.1) is 58.2 Å². The molecular formula is C24H19F3N8O3S. The van der Waals surface area contributed by atoms with Gasteiger partial charge in [-0.15, -0.1) is 5.10 Å². The molecule has 2 aromatic carbocycles. The Labute approximate surface area is 220 Å². The van der Waals surface area contributed by atoms with Crippen LogP contribution < -0.4 is 14.9 Å². The Morgan fingerprint density at radius 1 is 1.15 bits per heavy atom. The van der Waals surface area contributed by atoms with Gasteiger partial charge < -0.3 is 5.32 Å². The first-order chi connectivity index (χ1) is 18.5. The van der Waals surface area contributed by atoms with Gasteiger partial charge in [0.1, 0.15) is 0 Å². The summed E-state index contributed by atoms with van der Waals surface area (Å²) in [5, 5.41) is 29.2. The van der Waals surface area contributed by atoms with Crippen LogP contribution in [-0.2, 0) is 22.7 Å². The molecule has 1 aliphatic heterocycles. The summed E-state index contributed by atoms with van der Waals surface area (Å²) in [6, 6.07) is 9.45. The van der Waals surface area contributed by atoms with Gasteiger partial charge in [-0.3, -0.25) is 9.58 Å². The fourth-order valence-electron chi connectivity index (χ4n) is 4.05. The maximum Gasteiger partial charge on any atom is 0.416 e. The Bertz CT molecular complexity index is 1640. The lowest BCUT2D eigenvalue weighted by Crippen LogP contribution is -2.47. The second-order valence-corrected chi connectivity index (χ2v) is 10.0. The summed E-state index contributed by atoms with van der Waals surface area (Å²) in [4.78, 5) is 13.7. The van der Waals surface area contributed by atoms with E-state index in [1.54, 1.807) is 0 Å². The Kier molecular flexibility index (Phi) is 7.40. The van der Waals surface area contributed by atoms with E-state index in [-0.39, 0.29) is 46.1 Å². The first-order valence-corrected chi connectivity index (χ1v) is 12.7. The Balaban J connectivity index is 1.75. The molecule has 1 atom stereocenters. The van der Waals surface area contributed by atoms with Gasteiger partial charge in [0.15, 0.2) is 0 Å². The van der Waals surface area contributed by atoms with Crippen molar-refractivity contribution in [3.63, 3.8) is 0 Å². The van der Waals surface area contributed by atoms with Crippen LogP contribution >= 0.6 is 0 Å². The van der Waals surface area contributed by atoms with Crippen molar-refractivity contribution in [1.29, 1.82) is 10.5 Å². The van der Waals surface area contributed by atoms with E-state index in [0.29, 0.717) is 0 Å². The molecular weight excluding hydrogens is 537 g/mol. The third-order valence-electron chi connectivity index (χ3n) is 5.89. The minimum absolute atomic E-state index is 0.00445. The number of carbonyl (C=O) groups is 1. The molecule has 15 heteroatoms. The SMILES string of the molecule is CC1=C(C#N)C(c2ccc(C#N)cc2S(=O)(=O)NCCn2ccnn2)NC(=O)N1c1cccc(C(F)(F)F)c1. The molecule has 1 aliphatic rings. The van der Waals surface area contributed by atoms with E-state index < -0.39 is 33.8 Å². The molecule has 0 saturated carbocycles. The third kappa shape index (κ3) is 5.59. The smallest absolute Gasteiger partial charge is 0.326 e. The van der Waals surface area contributed by atoms with Gasteiger partial charge in [0.25, 0.3) is 0 Å². The van der Waals surface area contributed by atoms with E-state index in [0.717, 1.165) is 29.2 Å². The van der Waals surface area contributed by atoms with Crippen molar-refractivity contribution in [3.8, 4) is 12.1 Å². The van der Waals surface area contributed by atoms with E-state index in [1.807, 2.05) is 12.1 Å². The molecule has 3 aromatic rings. The summed E-state index contributed by atoms with van der Waals surface area (Å²) in [7, 11) is -4.26. The quantitative estimate of drug-likeness (QED) is 0.452. The van der Waals surface area contributed by atoms with Gasteiger partial charge in [-0.1, -0.05) is 17.3 Å². The molecule has 11 nitrogen and oxygen atoms in total. The number of rotatable bonds is 7. The second kappa shape index (κ2) is 10.6. The molecule has 0 aliphatic carbocycles. The van der Waals surface area contributed by atoms with Crippen molar-refractivity contribution in [3.05, 3.63) is 82.8 Å². The van der Waals surface area contributed by atoms with Crippen LogP contribution in [0.15, 0.2) is 71.0 Å². The van der Waals surface area contributed by atoms with Crippen molar-refractivity contribution < 1.29 is 26.4 Å². The van der Waals surface area contributed by atoms with Crippen molar-refractivity contribution in [2.45, 2.75) is 30.6 Å². The number of nitrogens with zero attached hydrogens (tertiary/aromatic N) is 6. The highest BCUT2D eigenvalue weighted by atomic mass is 32.2. The molecule has 200 valence electrons. The molecule has 2 amide bonds. The maximum absolute atomic E-state index is 13.3. The number of benzene rings is 2. The predicted molar refractivity (Wildman–Crippen MR) is 130 cm³/mol. The first kappa shape index (κ1) is 27.3. The van der Waals surface area contributed by atoms with Gasteiger partial charge in [0, 0.05) is 18.4 Å². The van der Waals surface area contributed by atoms with Crippen molar-refractivity contribution in [2.24, 2.45) is 0 Å². The van der Waals surface area contributed by atoms with Gasteiger partial charge in [-0.25, -0.2) is 17.9 Å². The number of sulfonamides is 1. The van der Waals surface area contributed by atoms with Gasteiger partial charge in [-0.05, 0) is 42.8 Å². The van der Waals surface area contributed by atoms with Crippen LogP contribution in [0, 0.1) is 22.7 Å². The van der Waals surface area contributed by atoms with Crippen LogP contribution in [0.25, 0.3) is 0 Å². The van der Waals surface area contributed by atoms with Crippen LogP contribution in [0.5, 0.6) is 0 Å². The molecule has 4 rings (SSSR count). The number of amides is 2. The fraction of sp³-hybridized carbons (Fsp3) is 0.208.